The lowest BCUT2D eigenvalue weighted by Gasteiger charge is -2.16. The van der Waals surface area contributed by atoms with Crippen molar-refractivity contribution in [2.75, 3.05) is 46.8 Å². The zero-order valence-electron chi connectivity index (χ0n) is 20.5. The first-order valence-corrected chi connectivity index (χ1v) is 11.2. The summed E-state index contributed by atoms with van der Waals surface area (Å²) in [5.74, 6) is 0.441. The summed E-state index contributed by atoms with van der Waals surface area (Å²) in [5, 5.41) is 10.8. The largest absolute Gasteiger partial charge is 0.496 e. The minimum Gasteiger partial charge on any atom is -0.496 e. The van der Waals surface area contributed by atoms with Gasteiger partial charge in [0.05, 0.1) is 30.7 Å². The van der Waals surface area contributed by atoms with Gasteiger partial charge in [-0.05, 0) is 35.9 Å². The molecular formula is C26H27N5O5. The number of amides is 2. The summed E-state index contributed by atoms with van der Waals surface area (Å²) in [6.07, 6.45) is 1.02. The normalized spacial score (nSPS) is 10.8. The predicted molar refractivity (Wildman–Crippen MR) is 136 cm³/mol. The van der Waals surface area contributed by atoms with Crippen molar-refractivity contribution < 1.29 is 23.8 Å². The van der Waals surface area contributed by atoms with Gasteiger partial charge in [0.1, 0.15) is 12.4 Å². The Morgan fingerprint density at radius 2 is 1.83 bits per heavy atom. The van der Waals surface area contributed by atoms with Gasteiger partial charge in [0.2, 0.25) is 0 Å². The first-order valence-electron chi connectivity index (χ1n) is 11.2. The van der Waals surface area contributed by atoms with Gasteiger partial charge in [0, 0.05) is 43.9 Å². The number of aromatic amines is 1. The highest BCUT2D eigenvalue weighted by Gasteiger charge is 2.19. The van der Waals surface area contributed by atoms with Crippen LogP contribution in [0.25, 0.3) is 33.4 Å². The third-order valence-corrected chi connectivity index (χ3v) is 5.53. The summed E-state index contributed by atoms with van der Waals surface area (Å²) in [6.45, 7) is 0.373. The first kappa shape index (κ1) is 24.7. The number of carbonyl (C=O) groups excluding carboxylic acids is 2. The third kappa shape index (κ3) is 5.13. The van der Waals surface area contributed by atoms with Crippen LogP contribution >= 0.6 is 0 Å². The quantitative estimate of drug-likeness (QED) is 0.356. The molecular weight excluding hydrogens is 462 g/mol. The molecule has 2 N–H and O–H groups in total. The SMILES string of the molecule is COCCOC(=O)Nc1ccc(-c2cnc3n[nH]c(-c4ccccc4OC)c3c2)cc1C(=O)N(C)C. The Morgan fingerprint density at radius 3 is 2.58 bits per heavy atom. The molecule has 36 heavy (non-hydrogen) atoms. The van der Waals surface area contributed by atoms with E-state index in [9.17, 15) is 9.59 Å². The van der Waals surface area contributed by atoms with Gasteiger partial charge in [-0.1, -0.05) is 18.2 Å². The molecule has 0 fully saturated rings. The molecule has 0 aliphatic rings. The van der Waals surface area contributed by atoms with E-state index in [0.29, 0.717) is 22.6 Å². The standard InChI is InChI=1S/C26H27N5O5/c1-31(2)25(32)19-13-16(9-10-21(19)28-26(33)36-12-11-34-3)17-14-20-23(29-30-24(20)27-15-17)18-7-5-6-8-22(18)35-4/h5-10,13-15H,11-12H2,1-4H3,(H,28,33)(H,27,29,30). The third-order valence-electron chi connectivity index (χ3n) is 5.53. The molecule has 186 valence electrons. The maximum Gasteiger partial charge on any atom is 0.411 e. The number of methoxy groups -OCH3 is 2. The molecule has 0 saturated heterocycles. The van der Waals surface area contributed by atoms with Gasteiger partial charge >= 0.3 is 6.09 Å². The molecule has 2 amide bonds. The Bertz CT molecular complexity index is 1400. The topological polar surface area (TPSA) is 119 Å². The van der Waals surface area contributed by atoms with Crippen LogP contribution in [0.2, 0.25) is 0 Å². The fraction of sp³-hybridized carbons (Fsp3) is 0.231. The summed E-state index contributed by atoms with van der Waals surface area (Å²) >= 11 is 0. The van der Waals surface area contributed by atoms with Gasteiger partial charge in [-0.2, -0.15) is 5.10 Å². The van der Waals surface area contributed by atoms with E-state index in [4.69, 9.17) is 14.2 Å². The monoisotopic (exact) mass is 489 g/mol. The van der Waals surface area contributed by atoms with Crippen LogP contribution in [0.3, 0.4) is 0 Å². The summed E-state index contributed by atoms with van der Waals surface area (Å²) < 4.78 is 15.5. The lowest BCUT2D eigenvalue weighted by Crippen LogP contribution is -2.24. The number of benzene rings is 2. The zero-order valence-corrected chi connectivity index (χ0v) is 20.5. The van der Waals surface area contributed by atoms with Gasteiger partial charge in [0.25, 0.3) is 5.91 Å². The molecule has 0 atom stereocenters. The molecule has 10 heteroatoms. The minimum atomic E-state index is -0.671. The van der Waals surface area contributed by atoms with E-state index in [0.717, 1.165) is 27.8 Å². The van der Waals surface area contributed by atoms with E-state index in [1.54, 1.807) is 39.5 Å². The maximum atomic E-state index is 12.9. The van der Waals surface area contributed by atoms with E-state index in [2.05, 4.69) is 20.5 Å². The Morgan fingerprint density at radius 1 is 1.03 bits per heavy atom. The second-order valence-corrected chi connectivity index (χ2v) is 8.11. The molecule has 2 heterocycles. The Hall–Kier alpha value is -4.44. The highest BCUT2D eigenvalue weighted by molar-refractivity contribution is 6.04. The Kier molecular flexibility index (Phi) is 7.45. The molecule has 0 aliphatic carbocycles. The van der Waals surface area contributed by atoms with Gasteiger partial charge in [-0.25, -0.2) is 9.78 Å². The highest BCUT2D eigenvalue weighted by atomic mass is 16.6. The predicted octanol–water partition coefficient (Wildman–Crippen LogP) is 4.20. The van der Waals surface area contributed by atoms with Crippen LogP contribution in [-0.4, -0.2) is 73.6 Å². The van der Waals surface area contributed by atoms with Crippen molar-refractivity contribution in [1.29, 1.82) is 0 Å². The van der Waals surface area contributed by atoms with Crippen molar-refractivity contribution in [2.24, 2.45) is 0 Å². The number of ether oxygens (including phenoxy) is 3. The molecule has 10 nitrogen and oxygen atoms in total. The minimum absolute atomic E-state index is 0.0995. The van der Waals surface area contributed by atoms with Gasteiger partial charge in [-0.15, -0.1) is 0 Å². The van der Waals surface area contributed by atoms with Gasteiger partial charge in [0.15, 0.2) is 5.65 Å². The van der Waals surface area contributed by atoms with Crippen LogP contribution in [0.1, 0.15) is 10.4 Å². The van der Waals surface area contributed by atoms with E-state index in [1.165, 1.54) is 12.0 Å². The fourth-order valence-corrected chi connectivity index (χ4v) is 3.73. The summed E-state index contributed by atoms with van der Waals surface area (Å²) in [4.78, 5) is 31.1. The highest BCUT2D eigenvalue weighted by Crippen LogP contribution is 2.35. The number of pyridine rings is 1. The number of hydrogen-bond acceptors (Lipinski definition) is 7. The number of fused-ring (bicyclic) bond motifs is 1. The molecule has 0 unspecified atom stereocenters. The van der Waals surface area contributed by atoms with Crippen molar-refractivity contribution >= 4 is 28.7 Å². The number of rotatable bonds is 8. The molecule has 0 saturated carbocycles. The molecule has 0 spiro atoms. The molecule has 0 aliphatic heterocycles. The van der Waals surface area contributed by atoms with Crippen LogP contribution in [0.5, 0.6) is 5.75 Å². The number of aromatic nitrogens is 3. The lowest BCUT2D eigenvalue weighted by atomic mass is 10.0. The van der Waals surface area contributed by atoms with Crippen molar-refractivity contribution in [3.05, 3.63) is 60.3 Å². The van der Waals surface area contributed by atoms with Crippen molar-refractivity contribution in [2.45, 2.75) is 0 Å². The summed E-state index contributed by atoms with van der Waals surface area (Å²) in [6, 6.07) is 14.8. The number of H-pyrrole nitrogens is 1. The van der Waals surface area contributed by atoms with Crippen LogP contribution in [-0.2, 0) is 9.47 Å². The average molecular weight is 490 g/mol. The molecule has 0 bridgehead atoms. The van der Waals surface area contributed by atoms with E-state index < -0.39 is 6.09 Å². The molecule has 4 aromatic rings. The summed E-state index contributed by atoms with van der Waals surface area (Å²) in [7, 11) is 6.43. The van der Waals surface area contributed by atoms with Gasteiger partial charge in [-0.3, -0.25) is 15.2 Å². The molecule has 2 aromatic carbocycles. The second-order valence-electron chi connectivity index (χ2n) is 8.11. The van der Waals surface area contributed by atoms with Crippen LogP contribution in [0.4, 0.5) is 10.5 Å². The van der Waals surface area contributed by atoms with E-state index in [1.807, 2.05) is 36.4 Å². The first-order chi connectivity index (χ1) is 17.4. The number of para-hydroxylation sites is 1. The number of nitrogens with zero attached hydrogens (tertiary/aromatic N) is 3. The van der Waals surface area contributed by atoms with Gasteiger partial charge < -0.3 is 19.1 Å². The second kappa shape index (κ2) is 10.9. The Balaban J connectivity index is 1.73. The van der Waals surface area contributed by atoms with Crippen molar-refractivity contribution in [3.63, 3.8) is 0 Å². The number of carbonyl (C=O) groups is 2. The number of hydrogen-bond donors (Lipinski definition) is 2. The van der Waals surface area contributed by atoms with E-state index in [-0.39, 0.29) is 19.1 Å². The smallest absolute Gasteiger partial charge is 0.411 e. The van der Waals surface area contributed by atoms with Crippen LogP contribution in [0.15, 0.2) is 54.7 Å². The van der Waals surface area contributed by atoms with Crippen molar-refractivity contribution in [1.82, 2.24) is 20.1 Å². The molecule has 2 aromatic heterocycles. The van der Waals surface area contributed by atoms with Crippen LogP contribution in [0, 0.1) is 0 Å². The molecule has 4 rings (SSSR count). The zero-order chi connectivity index (χ0) is 25.7. The average Bonchev–Trinajstić information content (AvgIpc) is 3.31. The number of anilines is 1. The van der Waals surface area contributed by atoms with E-state index >= 15 is 0 Å². The van der Waals surface area contributed by atoms with Crippen LogP contribution < -0.4 is 10.1 Å². The number of nitrogens with one attached hydrogen (secondary N) is 2. The summed E-state index contributed by atoms with van der Waals surface area (Å²) in [5.41, 5.74) is 4.38. The molecule has 0 radical (unpaired) electrons. The fourth-order valence-electron chi connectivity index (χ4n) is 3.73. The lowest BCUT2D eigenvalue weighted by molar-refractivity contribution is 0.0828. The Labute approximate surface area is 208 Å². The maximum absolute atomic E-state index is 12.9. The van der Waals surface area contributed by atoms with Crippen molar-refractivity contribution in [3.8, 4) is 28.1 Å².